The molecule has 11 heteroatoms. The molecule has 6 unspecified atom stereocenters. The zero-order chi connectivity index (χ0) is 36.5. The van der Waals surface area contributed by atoms with Gasteiger partial charge in [-0.1, -0.05) is 24.3 Å². The summed E-state index contributed by atoms with van der Waals surface area (Å²) in [5.41, 5.74) is 0. The summed E-state index contributed by atoms with van der Waals surface area (Å²) in [5.74, 6) is 0.352. The number of hydrogen-bond acceptors (Lipinski definition) is 10. The fourth-order valence-electron chi connectivity index (χ4n) is 8.22. The molecule has 0 bridgehead atoms. The first-order valence-corrected chi connectivity index (χ1v) is 22.5. The minimum Gasteiger partial charge on any atom is -0.391 e. The van der Waals surface area contributed by atoms with Crippen LogP contribution in [-0.2, 0) is 44.3 Å². The number of thiophene rings is 1. The third-order valence-electron chi connectivity index (χ3n) is 11.2. The number of halogens is 1. The molecule has 1 saturated carbocycles. The lowest BCUT2D eigenvalue weighted by molar-refractivity contribution is -0.203. The van der Waals surface area contributed by atoms with Crippen molar-refractivity contribution in [2.45, 2.75) is 172 Å². The molecule has 0 radical (unpaired) electrons. The van der Waals surface area contributed by atoms with Crippen LogP contribution in [0.1, 0.15) is 120 Å². The second-order valence-corrected chi connectivity index (χ2v) is 18.0. The Morgan fingerprint density at radius 2 is 1.42 bits per heavy atom. The van der Waals surface area contributed by atoms with Crippen molar-refractivity contribution in [3.8, 4) is 0 Å². The Kier molecular flexibility index (Phi) is 18.6. The van der Waals surface area contributed by atoms with Gasteiger partial charge in [0, 0.05) is 43.6 Å². The Morgan fingerprint density at radius 3 is 2.04 bits per heavy atom. The molecule has 1 aromatic rings. The van der Waals surface area contributed by atoms with E-state index < -0.39 is 6.10 Å². The number of ether oxygens (including phenoxy) is 8. The van der Waals surface area contributed by atoms with Crippen LogP contribution in [0.5, 0.6) is 0 Å². The highest BCUT2D eigenvalue weighted by Crippen LogP contribution is 2.42. The van der Waals surface area contributed by atoms with E-state index >= 15 is 0 Å². The smallest absolute Gasteiger partial charge is 0.158 e. The van der Waals surface area contributed by atoms with E-state index in [0.717, 1.165) is 146 Å². The van der Waals surface area contributed by atoms with Gasteiger partial charge >= 0.3 is 0 Å². The normalized spacial score (nSPS) is 32.8. The Hall–Kier alpha value is -0.700. The van der Waals surface area contributed by atoms with Crippen molar-refractivity contribution in [3.63, 3.8) is 0 Å². The van der Waals surface area contributed by atoms with Crippen molar-refractivity contribution < 1.29 is 43.0 Å². The predicted octanol–water partition coefficient (Wildman–Crippen LogP) is 9.39. The predicted molar refractivity (Wildman–Crippen MR) is 210 cm³/mol. The highest BCUT2D eigenvalue weighted by Gasteiger charge is 2.45. The summed E-state index contributed by atoms with van der Waals surface area (Å²) in [4.78, 5) is 1.35. The van der Waals surface area contributed by atoms with Gasteiger partial charge in [0.1, 0.15) is 0 Å². The van der Waals surface area contributed by atoms with Crippen LogP contribution in [0.15, 0.2) is 40.2 Å². The molecule has 9 nitrogen and oxygen atoms in total. The van der Waals surface area contributed by atoms with Crippen molar-refractivity contribution in [2.24, 2.45) is 11.8 Å². The van der Waals surface area contributed by atoms with Crippen molar-refractivity contribution in [1.29, 1.82) is 0 Å². The van der Waals surface area contributed by atoms with Gasteiger partial charge in [-0.15, -0.1) is 11.3 Å². The molecule has 4 saturated heterocycles. The SMILES string of the molecule is OC(CCCC=CC[C@@H]1[C@@H](C=CC(CCc2ccc(Br)s2)OC2CCCCO2)[C@H](OC2CCCCO2)C[C@@H]1OC1CCCCO1)COC1CCCCO1. The molecule has 10 atom stereocenters. The molecule has 5 aliphatic rings. The summed E-state index contributed by atoms with van der Waals surface area (Å²) in [6, 6.07) is 4.33. The van der Waals surface area contributed by atoms with Gasteiger partial charge in [-0.25, -0.2) is 0 Å². The molecule has 1 N–H and O–H groups in total. The van der Waals surface area contributed by atoms with Crippen LogP contribution in [0.25, 0.3) is 0 Å². The molecule has 0 amide bonds. The van der Waals surface area contributed by atoms with Gasteiger partial charge in [0.15, 0.2) is 25.2 Å². The van der Waals surface area contributed by atoms with E-state index in [1.165, 1.54) is 4.88 Å². The molecule has 300 valence electrons. The molecule has 5 fully saturated rings. The minimum absolute atomic E-state index is 0.0106. The van der Waals surface area contributed by atoms with Crippen molar-refractivity contribution in [1.82, 2.24) is 0 Å². The first kappa shape index (κ1) is 41.9. The molecule has 5 heterocycles. The number of aryl methyl sites for hydroxylation is 1. The van der Waals surface area contributed by atoms with Crippen LogP contribution in [0, 0.1) is 11.8 Å². The highest BCUT2D eigenvalue weighted by atomic mass is 79.9. The van der Waals surface area contributed by atoms with Crippen LogP contribution in [-0.4, -0.2) is 87.7 Å². The second-order valence-electron chi connectivity index (χ2n) is 15.4. The van der Waals surface area contributed by atoms with Crippen LogP contribution in [0.2, 0.25) is 0 Å². The van der Waals surface area contributed by atoms with Crippen molar-refractivity contribution in [2.75, 3.05) is 33.0 Å². The summed E-state index contributed by atoms with van der Waals surface area (Å²) in [6.07, 6.45) is 26.7. The van der Waals surface area contributed by atoms with Gasteiger partial charge in [0.05, 0.1) is 34.8 Å². The third kappa shape index (κ3) is 14.6. The molecule has 6 rings (SSSR count). The third-order valence-corrected chi connectivity index (χ3v) is 12.9. The molecule has 0 spiro atoms. The van der Waals surface area contributed by atoms with E-state index in [9.17, 15) is 5.11 Å². The lowest BCUT2D eigenvalue weighted by atomic mass is 9.89. The van der Waals surface area contributed by atoms with Crippen LogP contribution >= 0.6 is 27.3 Å². The summed E-state index contributed by atoms with van der Waals surface area (Å²) in [7, 11) is 0. The van der Waals surface area contributed by atoms with E-state index in [1.54, 1.807) is 11.3 Å². The maximum atomic E-state index is 10.5. The van der Waals surface area contributed by atoms with Gasteiger partial charge in [-0.2, -0.15) is 0 Å². The number of unbranched alkanes of at least 4 members (excludes halogenated alkanes) is 1. The standard InChI is InChI=1S/C42H65BrO9S/c43-38-24-22-33(53-38)21-19-32(50-40-16-6-10-26-46-40)20-23-35-34(14-4-2-1-3-13-31(44)30-49-39-15-5-9-25-45-39)36(51-41-17-7-11-27-47-41)29-37(35)52-42-18-8-12-28-48-42/h2,4,20,22-24,31-32,34-37,39-42,44H,1,3,5-19,21,25-30H2/t31?,32?,34-,35-,36+,37-,39?,40?,41?,42?/m1/s1. The Balaban J connectivity index is 1.12. The first-order chi connectivity index (χ1) is 26.1. The first-order valence-electron chi connectivity index (χ1n) is 20.9. The van der Waals surface area contributed by atoms with Crippen molar-refractivity contribution >= 4 is 27.3 Å². The van der Waals surface area contributed by atoms with E-state index in [4.69, 9.17) is 37.9 Å². The summed E-state index contributed by atoms with van der Waals surface area (Å²) >= 11 is 5.42. The van der Waals surface area contributed by atoms with Gasteiger partial charge in [0.25, 0.3) is 0 Å². The fraction of sp³-hybridized carbons (Fsp3) is 0.810. The lowest BCUT2D eigenvalue weighted by Gasteiger charge is -2.30. The zero-order valence-corrected chi connectivity index (χ0v) is 34.1. The van der Waals surface area contributed by atoms with E-state index in [-0.39, 0.29) is 55.3 Å². The number of aliphatic hydroxyl groups is 1. The molecular formula is C42H65BrO9S. The zero-order valence-electron chi connectivity index (χ0n) is 31.7. The van der Waals surface area contributed by atoms with Crippen LogP contribution < -0.4 is 0 Å². The molecule has 0 aromatic carbocycles. The maximum absolute atomic E-state index is 10.5. The monoisotopic (exact) mass is 824 g/mol. The number of rotatable bonds is 20. The average molecular weight is 826 g/mol. The van der Waals surface area contributed by atoms with Gasteiger partial charge in [-0.3, -0.25) is 0 Å². The Morgan fingerprint density at radius 1 is 0.774 bits per heavy atom. The maximum Gasteiger partial charge on any atom is 0.158 e. The molecule has 1 aromatic heterocycles. The topological polar surface area (TPSA) is 94.1 Å². The fourth-order valence-corrected chi connectivity index (χ4v) is 9.72. The second kappa shape index (κ2) is 23.5. The molecule has 1 aliphatic carbocycles. The Labute approximate surface area is 330 Å². The summed E-state index contributed by atoms with van der Waals surface area (Å²) in [6.45, 7) is 3.36. The van der Waals surface area contributed by atoms with Crippen molar-refractivity contribution in [3.05, 3.63) is 45.1 Å². The van der Waals surface area contributed by atoms with Crippen LogP contribution in [0.4, 0.5) is 0 Å². The average Bonchev–Trinajstić information content (AvgIpc) is 3.76. The van der Waals surface area contributed by atoms with Crippen LogP contribution in [0.3, 0.4) is 0 Å². The lowest BCUT2D eigenvalue weighted by Crippen LogP contribution is -2.31. The molecular weight excluding hydrogens is 760 g/mol. The molecule has 53 heavy (non-hydrogen) atoms. The number of hydrogen-bond donors (Lipinski definition) is 1. The van der Waals surface area contributed by atoms with E-state index in [1.807, 2.05) is 0 Å². The minimum atomic E-state index is -0.470. The van der Waals surface area contributed by atoms with Gasteiger partial charge < -0.3 is 43.0 Å². The number of allylic oxidation sites excluding steroid dienone is 2. The summed E-state index contributed by atoms with van der Waals surface area (Å²) < 4.78 is 51.2. The van der Waals surface area contributed by atoms with Gasteiger partial charge in [0.2, 0.25) is 0 Å². The Bertz CT molecular complexity index is 1190. The number of aliphatic hydroxyl groups excluding tert-OH is 1. The molecule has 4 aliphatic heterocycles. The quantitative estimate of drug-likeness (QED) is 0.102. The van der Waals surface area contributed by atoms with Gasteiger partial charge in [-0.05, 0) is 150 Å². The van der Waals surface area contributed by atoms with E-state index in [2.05, 4.69) is 52.4 Å². The highest BCUT2D eigenvalue weighted by molar-refractivity contribution is 9.11. The largest absolute Gasteiger partial charge is 0.391 e. The van der Waals surface area contributed by atoms with E-state index in [0.29, 0.717) is 13.0 Å². The summed E-state index contributed by atoms with van der Waals surface area (Å²) in [5, 5.41) is 10.5.